The second-order valence-electron chi connectivity index (χ2n) is 4.25. The molecule has 2 aromatic carbocycles. The zero-order valence-corrected chi connectivity index (χ0v) is 10.9. The maximum absolute atomic E-state index is 12.9. The summed E-state index contributed by atoms with van der Waals surface area (Å²) < 4.78 is 12.9. The molecule has 1 nitrogen and oxygen atoms in total. The Hall–Kier alpha value is -1.38. The lowest BCUT2D eigenvalue weighted by molar-refractivity contribution is 0.573. The zero-order chi connectivity index (χ0) is 13.0. The molecule has 0 radical (unpaired) electrons. The van der Waals surface area contributed by atoms with Crippen molar-refractivity contribution < 1.29 is 4.39 Å². The Bertz CT molecular complexity index is 513. The quantitative estimate of drug-likeness (QED) is 0.866. The average molecular weight is 264 g/mol. The van der Waals surface area contributed by atoms with Crippen molar-refractivity contribution in [3.8, 4) is 0 Å². The molecule has 0 heterocycles. The highest BCUT2D eigenvalue weighted by atomic mass is 35.5. The van der Waals surface area contributed by atoms with Crippen LogP contribution in [0.2, 0.25) is 5.02 Å². The number of halogens is 2. The Morgan fingerprint density at radius 2 is 1.89 bits per heavy atom. The Balaban J connectivity index is 1.99. The van der Waals surface area contributed by atoms with Crippen molar-refractivity contribution in [3.63, 3.8) is 0 Å². The molecule has 0 amide bonds. The van der Waals surface area contributed by atoms with E-state index in [4.69, 9.17) is 11.6 Å². The standard InChI is InChI=1S/C15H15ClFN/c1-11(12-5-3-2-4-6-12)18-10-13-7-8-14(17)9-15(13)16/h2-9,11,18H,10H2,1H3/t11-/m1/s1. The van der Waals surface area contributed by atoms with Crippen molar-refractivity contribution in [1.82, 2.24) is 5.32 Å². The van der Waals surface area contributed by atoms with Gasteiger partial charge in [-0.2, -0.15) is 0 Å². The van der Waals surface area contributed by atoms with Gasteiger partial charge in [-0.3, -0.25) is 0 Å². The van der Waals surface area contributed by atoms with E-state index in [0.29, 0.717) is 11.6 Å². The Morgan fingerprint density at radius 3 is 2.56 bits per heavy atom. The highest BCUT2D eigenvalue weighted by Crippen LogP contribution is 2.18. The number of hydrogen-bond acceptors (Lipinski definition) is 1. The number of nitrogens with one attached hydrogen (secondary N) is 1. The minimum absolute atomic E-state index is 0.229. The van der Waals surface area contributed by atoms with Crippen molar-refractivity contribution >= 4 is 11.6 Å². The fourth-order valence-electron chi connectivity index (χ4n) is 1.79. The van der Waals surface area contributed by atoms with Crippen LogP contribution in [0.15, 0.2) is 48.5 Å². The molecule has 0 aromatic heterocycles. The lowest BCUT2D eigenvalue weighted by Gasteiger charge is -2.14. The van der Waals surface area contributed by atoms with Crippen LogP contribution in [-0.4, -0.2) is 0 Å². The van der Waals surface area contributed by atoms with Gasteiger partial charge in [0, 0.05) is 17.6 Å². The van der Waals surface area contributed by atoms with Crippen LogP contribution in [0.4, 0.5) is 4.39 Å². The molecule has 18 heavy (non-hydrogen) atoms. The van der Waals surface area contributed by atoms with Gasteiger partial charge >= 0.3 is 0 Å². The normalized spacial score (nSPS) is 12.4. The van der Waals surface area contributed by atoms with Crippen LogP contribution in [0, 0.1) is 5.82 Å². The summed E-state index contributed by atoms with van der Waals surface area (Å²) in [7, 11) is 0. The molecule has 1 atom stereocenters. The van der Waals surface area contributed by atoms with Crippen LogP contribution in [0.5, 0.6) is 0 Å². The van der Waals surface area contributed by atoms with Gasteiger partial charge in [0.05, 0.1) is 0 Å². The molecule has 0 saturated heterocycles. The van der Waals surface area contributed by atoms with E-state index >= 15 is 0 Å². The summed E-state index contributed by atoms with van der Waals surface area (Å²) in [6, 6.07) is 14.9. The van der Waals surface area contributed by atoms with Crippen molar-refractivity contribution in [2.24, 2.45) is 0 Å². The van der Waals surface area contributed by atoms with E-state index in [1.54, 1.807) is 6.07 Å². The molecule has 0 fully saturated rings. The predicted octanol–water partition coefficient (Wildman–Crippen LogP) is 4.33. The highest BCUT2D eigenvalue weighted by Gasteiger charge is 2.06. The first-order valence-electron chi connectivity index (χ1n) is 5.89. The van der Waals surface area contributed by atoms with E-state index in [-0.39, 0.29) is 11.9 Å². The molecular formula is C15H15ClFN. The monoisotopic (exact) mass is 263 g/mol. The Morgan fingerprint density at radius 1 is 1.17 bits per heavy atom. The maximum Gasteiger partial charge on any atom is 0.124 e. The summed E-state index contributed by atoms with van der Waals surface area (Å²) >= 11 is 5.98. The molecule has 94 valence electrons. The van der Waals surface area contributed by atoms with Crippen molar-refractivity contribution in [1.29, 1.82) is 0 Å². The molecule has 0 unspecified atom stereocenters. The number of benzene rings is 2. The van der Waals surface area contributed by atoms with E-state index in [2.05, 4.69) is 24.4 Å². The number of hydrogen-bond donors (Lipinski definition) is 1. The van der Waals surface area contributed by atoms with Crippen molar-refractivity contribution in [3.05, 3.63) is 70.5 Å². The summed E-state index contributed by atoms with van der Waals surface area (Å²) in [6.07, 6.45) is 0. The van der Waals surface area contributed by atoms with Gasteiger partial charge in [0.1, 0.15) is 5.82 Å². The molecule has 1 N–H and O–H groups in total. The van der Waals surface area contributed by atoms with E-state index in [9.17, 15) is 4.39 Å². The van der Waals surface area contributed by atoms with Gasteiger partial charge in [0.25, 0.3) is 0 Å². The van der Waals surface area contributed by atoms with Gasteiger partial charge in [-0.1, -0.05) is 48.0 Å². The third kappa shape index (κ3) is 3.31. The van der Waals surface area contributed by atoms with Gasteiger partial charge in [-0.25, -0.2) is 4.39 Å². The molecular weight excluding hydrogens is 249 g/mol. The van der Waals surface area contributed by atoms with Crippen LogP contribution in [-0.2, 0) is 6.54 Å². The molecule has 2 aromatic rings. The minimum atomic E-state index is -0.306. The molecule has 0 saturated carbocycles. The van der Waals surface area contributed by atoms with E-state index in [0.717, 1.165) is 5.56 Å². The third-order valence-electron chi connectivity index (χ3n) is 2.91. The van der Waals surface area contributed by atoms with Gasteiger partial charge < -0.3 is 5.32 Å². The summed E-state index contributed by atoms with van der Waals surface area (Å²) in [5.74, 6) is -0.306. The average Bonchev–Trinajstić information content (AvgIpc) is 2.38. The van der Waals surface area contributed by atoms with Crippen LogP contribution >= 0.6 is 11.6 Å². The minimum Gasteiger partial charge on any atom is -0.306 e. The lowest BCUT2D eigenvalue weighted by atomic mass is 10.1. The summed E-state index contributed by atoms with van der Waals surface area (Å²) in [6.45, 7) is 2.71. The first kappa shape index (κ1) is 13.1. The van der Waals surface area contributed by atoms with Crippen LogP contribution in [0.25, 0.3) is 0 Å². The van der Waals surface area contributed by atoms with E-state index < -0.39 is 0 Å². The van der Waals surface area contributed by atoms with E-state index in [1.165, 1.54) is 17.7 Å². The Kier molecular flexibility index (Phi) is 4.34. The lowest BCUT2D eigenvalue weighted by Crippen LogP contribution is -2.18. The maximum atomic E-state index is 12.9. The molecule has 0 aliphatic rings. The number of rotatable bonds is 4. The molecule has 3 heteroatoms. The zero-order valence-electron chi connectivity index (χ0n) is 10.2. The second-order valence-corrected chi connectivity index (χ2v) is 4.66. The molecule has 0 bridgehead atoms. The summed E-state index contributed by atoms with van der Waals surface area (Å²) in [5.41, 5.74) is 2.12. The van der Waals surface area contributed by atoms with Crippen molar-refractivity contribution in [2.75, 3.05) is 0 Å². The van der Waals surface area contributed by atoms with Crippen molar-refractivity contribution in [2.45, 2.75) is 19.5 Å². The third-order valence-corrected chi connectivity index (χ3v) is 3.27. The molecule has 0 spiro atoms. The molecule has 0 aliphatic carbocycles. The van der Waals surface area contributed by atoms with Crippen LogP contribution in [0.3, 0.4) is 0 Å². The van der Waals surface area contributed by atoms with Gasteiger partial charge in [-0.15, -0.1) is 0 Å². The predicted molar refractivity (Wildman–Crippen MR) is 73.1 cm³/mol. The second kappa shape index (κ2) is 5.98. The van der Waals surface area contributed by atoms with Gasteiger partial charge in [0.2, 0.25) is 0 Å². The fourth-order valence-corrected chi connectivity index (χ4v) is 2.02. The highest BCUT2D eigenvalue weighted by molar-refractivity contribution is 6.31. The Labute approximate surface area is 112 Å². The fraction of sp³-hybridized carbons (Fsp3) is 0.200. The van der Waals surface area contributed by atoms with Crippen LogP contribution < -0.4 is 5.32 Å². The van der Waals surface area contributed by atoms with Gasteiger partial charge in [-0.05, 0) is 30.2 Å². The first-order valence-corrected chi connectivity index (χ1v) is 6.27. The van der Waals surface area contributed by atoms with E-state index in [1.807, 2.05) is 18.2 Å². The van der Waals surface area contributed by atoms with Gasteiger partial charge in [0.15, 0.2) is 0 Å². The summed E-state index contributed by atoms with van der Waals surface area (Å²) in [5, 5.41) is 3.83. The molecule has 0 aliphatic heterocycles. The smallest absolute Gasteiger partial charge is 0.124 e. The molecule has 2 rings (SSSR count). The largest absolute Gasteiger partial charge is 0.306 e. The SMILES string of the molecule is C[C@@H](NCc1ccc(F)cc1Cl)c1ccccc1. The topological polar surface area (TPSA) is 12.0 Å². The van der Waals surface area contributed by atoms with Crippen LogP contribution in [0.1, 0.15) is 24.1 Å². The first-order chi connectivity index (χ1) is 8.66. The summed E-state index contributed by atoms with van der Waals surface area (Å²) in [4.78, 5) is 0.